The molecule has 0 aliphatic carbocycles. The van der Waals surface area contributed by atoms with E-state index >= 15 is 0 Å². The Morgan fingerprint density at radius 2 is 1.67 bits per heavy atom. The summed E-state index contributed by atoms with van der Waals surface area (Å²) in [6.45, 7) is 6.09. The van der Waals surface area contributed by atoms with Crippen LogP contribution in [-0.4, -0.2) is 24.5 Å². The second kappa shape index (κ2) is 7.05. The lowest BCUT2D eigenvalue weighted by atomic mass is 10.1. The zero-order chi connectivity index (χ0) is 13.6. The minimum atomic E-state index is -3.20. The van der Waals surface area contributed by atoms with Gasteiger partial charge in [0.2, 0.25) is 0 Å². The fraction of sp³-hybridized carbons (Fsp3) is 0.538. The number of aliphatic hydroxyl groups is 1. The molecule has 0 spiro atoms. The van der Waals surface area contributed by atoms with Gasteiger partial charge in [-0.3, -0.25) is 4.57 Å². The second-order valence-electron chi connectivity index (χ2n) is 4.06. The van der Waals surface area contributed by atoms with E-state index in [2.05, 4.69) is 0 Å². The van der Waals surface area contributed by atoms with E-state index in [0.29, 0.717) is 13.2 Å². The van der Waals surface area contributed by atoms with Gasteiger partial charge in [-0.15, -0.1) is 0 Å². The lowest BCUT2D eigenvalue weighted by Crippen LogP contribution is -2.08. The monoisotopic (exact) mass is 272 g/mol. The third-order valence-electron chi connectivity index (χ3n) is 2.51. The number of benzene rings is 1. The maximum absolute atomic E-state index is 12.3. The van der Waals surface area contributed by atoms with E-state index in [0.717, 1.165) is 11.1 Å². The van der Waals surface area contributed by atoms with E-state index in [-0.39, 0.29) is 6.16 Å². The molecule has 1 N–H and O–H groups in total. The van der Waals surface area contributed by atoms with Crippen molar-refractivity contribution in [2.45, 2.75) is 26.9 Å². The van der Waals surface area contributed by atoms with E-state index in [9.17, 15) is 9.67 Å². The average Bonchev–Trinajstić information content (AvgIpc) is 2.30. The van der Waals surface area contributed by atoms with Gasteiger partial charge >= 0.3 is 7.60 Å². The van der Waals surface area contributed by atoms with Gasteiger partial charge in [-0.05, 0) is 26.3 Å². The molecule has 1 aromatic carbocycles. The van der Waals surface area contributed by atoms with Crippen molar-refractivity contribution >= 4 is 7.60 Å². The maximum Gasteiger partial charge on any atom is 0.333 e. The number of hydrogen-bond acceptors (Lipinski definition) is 4. The van der Waals surface area contributed by atoms with Crippen LogP contribution in [0, 0.1) is 6.92 Å². The Bertz CT molecular complexity index is 392. The highest BCUT2D eigenvalue weighted by Gasteiger charge is 2.28. The molecule has 1 aromatic rings. The average molecular weight is 272 g/mol. The van der Waals surface area contributed by atoms with Crippen LogP contribution < -0.4 is 0 Å². The van der Waals surface area contributed by atoms with Crippen LogP contribution in [0.1, 0.15) is 31.1 Å². The van der Waals surface area contributed by atoms with E-state index in [1.54, 1.807) is 13.8 Å². The molecule has 0 fully saturated rings. The zero-order valence-corrected chi connectivity index (χ0v) is 12.0. The van der Waals surface area contributed by atoms with E-state index in [1.165, 1.54) is 0 Å². The van der Waals surface area contributed by atoms with Crippen LogP contribution in [0.15, 0.2) is 24.3 Å². The first kappa shape index (κ1) is 15.4. The number of rotatable bonds is 7. The summed E-state index contributed by atoms with van der Waals surface area (Å²) in [6, 6.07) is 7.46. The molecule has 1 rings (SSSR count). The molecule has 4 nitrogen and oxygen atoms in total. The van der Waals surface area contributed by atoms with Crippen LogP contribution >= 0.6 is 7.60 Å². The van der Waals surface area contributed by atoms with Crippen LogP contribution in [-0.2, 0) is 13.6 Å². The highest BCUT2D eigenvalue weighted by atomic mass is 31.2. The molecule has 1 atom stereocenters. The van der Waals surface area contributed by atoms with Crippen LogP contribution in [0.25, 0.3) is 0 Å². The van der Waals surface area contributed by atoms with Gasteiger partial charge in [0.05, 0.1) is 25.5 Å². The quantitative estimate of drug-likeness (QED) is 0.774. The van der Waals surface area contributed by atoms with Gasteiger partial charge in [-0.2, -0.15) is 0 Å². The Morgan fingerprint density at radius 3 is 2.11 bits per heavy atom. The molecule has 0 saturated carbocycles. The van der Waals surface area contributed by atoms with Gasteiger partial charge in [-0.1, -0.05) is 29.8 Å². The molecule has 5 heteroatoms. The van der Waals surface area contributed by atoms with Crippen LogP contribution in [0.4, 0.5) is 0 Å². The molecule has 102 valence electrons. The van der Waals surface area contributed by atoms with Crippen molar-refractivity contribution in [3.8, 4) is 0 Å². The molecular weight excluding hydrogens is 251 g/mol. The Balaban J connectivity index is 2.74. The molecule has 0 aliphatic heterocycles. The Labute approximate surface area is 108 Å². The summed E-state index contributed by atoms with van der Waals surface area (Å²) in [4.78, 5) is 0. The second-order valence-corrected chi connectivity index (χ2v) is 6.16. The predicted molar refractivity (Wildman–Crippen MR) is 71.9 cm³/mol. The van der Waals surface area contributed by atoms with Gasteiger partial charge in [0, 0.05) is 0 Å². The minimum Gasteiger partial charge on any atom is -0.388 e. The molecule has 0 heterocycles. The summed E-state index contributed by atoms with van der Waals surface area (Å²) in [5, 5.41) is 10.1. The van der Waals surface area contributed by atoms with Gasteiger partial charge in [0.1, 0.15) is 0 Å². The molecule has 18 heavy (non-hydrogen) atoms. The van der Waals surface area contributed by atoms with E-state index in [1.807, 2.05) is 31.2 Å². The topological polar surface area (TPSA) is 55.8 Å². The maximum atomic E-state index is 12.3. The molecule has 0 bridgehead atoms. The molecule has 0 unspecified atom stereocenters. The Kier molecular flexibility index (Phi) is 6.03. The molecular formula is C13H21O4P. The standard InChI is InChI=1S/C13H21O4P/c1-4-16-18(15,17-5-2)10-13(14)12-8-6-11(3)7-9-12/h6-9,13-14H,4-5,10H2,1-3H3/t13-/m0/s1. The molecule has 0 aliphatic rings. The van der Waals surface area contributed by atoms with Gasteiger partial charge in [-0.25, -0.2) is 0 Å². The van der Waals surface area contributed by atoms with E-state index in [4.69, 9.17) is 9.05 Å². The summed E-state index contributed by atoms with van der Waals surface area (Å²) in [7, 11) is -3.20. The minimum absolute atomic E-state index is 0.0161. The van der Waals surface area contributed by atoms with Crippen molar-refractivity contribution in [1.82, 2.24) is 0 Å². The Morgan fingerprint density at radius 1 is 1.17 bits per heavy atom. The third-order valence-corrected chi connectivity index (χ3v) is 4.61. The normalized spacial score (nSPS) is 13.6. The van der Waals surface area contributed by atoms with E-state index < -0.39 is 13.7 Å². The fourth-order valence-corrected chi connectivity index (χ4v) is 3.35. The first-order chi connectivity index (χ1) is 8.50. The molecule has 0 saturated heterocycles. The van der Waals surface area contributed by atoms with Gasteiger partial charge in [0.15, 0.2) is 0 Å². The summed E-state index contributed by atoms with van der Waals surface area (Å²) < 4.78 is 22.6. The van der Waals surface area contributed by atoms with Crippen molar-refractivity contribution in [3.05, 3.63) is 35.4 Å². The first-order valence-corrected chi connectivity index (χ1v) is 7.86. The van der Waals surface area contributed by atoms with Crippen molar-refractivity contribution in [1.29, 1.82) is 0 Å². The summed E-state index contributed by atoms with van der Waals surface area (Å²) in [5.41, 5.74) is 1.84. The smallest absolute Gasteiger partial charge is 0.333 e. The number of aryl methyl sites for hydroxylation is 1. The molecule has 0 amide bonds. The highest BCUT2D eigenvalue weighted by molar-refractivity contribution is 7.53. The van der Waals surface area contributed by atoms with Crippen molar-refractivity contribution in [2.75, 3.05) is 19.4 Å². The summed E-state index contributed by atoms with van der Waals surface area (Å²) in [5.74, 6) is 0. The van der Waals surface area contributed by atoms with Crippen LogP contribution in [0.5, 0.6) is 0 Å². The fourth-order valence-electron chi connectivity index (χ4n) is 1.64. The number of aliphatic hydroxyl groups excluding tert-OH is 1. The van der Waals surface area contributed by atoms with Crippen LogP contribution in [0.2, 0.25) is 0 Å². The summed E-state index contributed by atoms with van der Waals surface area (Å²) in [6.07, 6.45) is -0.855. The summed E-state index contributed by atoms with van der Waals surface area (Å²) >= 11 is 0. The van der Waals surface area contributed by atoms with Crippen LogP contribution in [0.3, 0.4) is 0 Å². The zero-order valence-electron chi connectivity index (χ0n) is 11.1. The van der Waals surface area contributed by atoms with Crippen molar-refractivity contribution in [3.63, 3.8) is 0 Å². The largest absolute Gasteiger partial charge is 0.388 e. The molecule has 0 radical (unpaired) electrons. The van der Waals surface area contributed by atoms with Crippen molar-refractivity contribution < 1.29 is 18.7 Å². The van der Waals surface area contributed by atoms with Gasteiger partial charge in [0.25, 0.3) is 0 Å². The first-order valence-electron chi connectivity index (χ1n) is 6.13. The lowest BCUT2D eigenvalue weighted by molar-refractivity contribution is 0.170. The third kappa shape index (κ3) is 4.54. The number of hydrogen-bond donors (Lipinski definition) is 1. The highest BCUT2D eigenvalue weighted by Crippen LogP contribution is 2.50. The SMILES string of the molecule is CCOP(=O)(C[C@H](O)c1ccc(C)cc1)OCC. The Hall–Kier alpha value is -0.670. The lowest BCUT2D eigenvalue weighted by Gasteiger charge is -2.20. The van der Waals surface area contributed by atoms with Gasteiger partial charge < -0.3 is 14.2 Å². The predicted octanol–water partition coefficient (Wildman–Crippen LogP) is 3.29. The molecule has 0 aromatic heterocycles. The van der Waals surface area contributed by atoms with Crippen molar-refractivity contribution in [2.24, 2.45) is 0 Å².